The fraction of sp³-hybridized carbons (Fsp3) is 0.417. The number of alkyl halides is 1. The van der Waals surface area contributed by atoms with Crippen molar-refractivity contribution in [1.82, 2.24) is 9.38 Å². The van der Waals surface area contributed by atoms with Crippen molar-refractivity contribution in [1.29, 1.82) is 0 Å². The van der Waals surface area contributed by atoms with Crippen LogP contribution in [0.5, 0.6) is 5.88 Å². The lowest BCUT2D eigenvalue weighted by atomic mass is 10.2. The molecule has 2 aromatic rings. The van der Waals surface area contributed by atoms with Crippen LogP contribution in [0.3, 0.4) is 0 Å². The van der Waals surface area contributed by atoms with Gasteiger partial charge in [-0.1, -0.05) is 35.8 Å². The lowest BCUT2D eigenvalue weighted by Gasteiger charge is -2.08. The number of aromatic nitrogens is 2. The van der Waals surface area contributed by atoms with Gasteiger partial charge in [0.1, 0.15) is 5.82 Å². The van der Waals surface area contributed by atoms with Crippen LogP contribution < -0.4 is 4.74 Å². The van der Waals surface area contributed by atoms with Gasteiger partial charge in [-0.15, -0.1) is 0 Å². The number of hydrogen-bond acceptors (Lipinski definition) is 2. The van der Waals surface area contributed by atoms with Crippen molar-refractivity contribution in [2.75, 3.05) is 7.11 Å². The van der Waals surface area contributed by atoms with E-state index < -0.39 is 0 Å². The van der Waals surface area contributed by atoms with Crippen molar-refractivity contribution in [2.45, 2.75) is 25.1 Å². The van der Waals surface area contributed by atoms with Crippen LogP contribution in [-0.2, 0) is 5.33 Å². The Labute approximate surface area is 104 Å². The molecule has 0 unspecified atom stereocenters. The first-order chi connectivity index (χ1) is 7.69. The van der Waals surface area contributed by atoms with Crippen molar-refractivity contribution in [3.63, 3.8) is 0 Å². The molecule has 0 aliphatic carbocycles. The summed E-state index contributed by atoms with van der Waals surface area (Å²) in [6, 6.07) is 6.02. The topological polar surface area (TPSA) is 26.5 Å². The highest BCUT2D eigenvalue weighted by Gasteiger charge is 2.15. The zero-order valence-corrected chi connectivity index (χ0v) is 11.3. The fourth-order valence-corrected chi connectivity index (χ4v) is 2.25. The van der Waals surface area contributed by atoms with Crippen LogP contribution >= 0.6 is 15.9 Å². The van der Waals surface area contributed by atoms with Crippen LogP contribution in [0.15, 0.2) is 18.2 Å². The predicted octanol–water partition coefficient (Wildman–Crippen LogP) is 3.36. The van der Waals surface area contributed by atoms with Crippen LogP contribution in [0.1, 0.15) is 31.3 Å². The highest BCUT2D eigenvalue weighted by atomic mass is 79.9. The van der Waals surface area contributed by atoms with Gasteiger partial charge >= 0.3 is 0 Å². The number of pyridine rings is 1. The van der Waals surface area contributed by atoms with Gasteiger partial charge in [-0.05, 0) is 12.1 Å². The van der Waals surface area contributed by atoms with Gasteiger partial charge in [0.15, 0.2) is 5.88 Å². The van der Waals surface area contributed by atoms with E-state index in [0.29, 0.717) is 5.92 Å². The average molecular weight is 283 g/mol. The smallest absolute Gasteiger partial charge is 0.199 e. The Hall–Kier alpha value is -1.03. The lowest BCUT2D eigenvalue weighted by Crippen LogP contribution is -2.00. The van der Waals surface area contributed by atoms with Gasteiger partial charge in [0.05, 0.1) is 18.3 Å². The maximum Gasteiger partial charge on any atom is 0.199 e. The maximum absolute atomic E-state index is 5.38. The van der Waals surface area contributed by atoms with Gasteiger partial charge in [0.2, 0.25) is 0 Å². The molecule has 0 aliphatic rings. The summed E-state index contributed by atoms with van der Waals surface area (Å²) in [7, 11) is 1.69. The van der Waals surface area contributed by atoms with E-state index in [1.807, 2.05) is 12.1 Å². The normalized spacial score (nSPS) is 11.3. The first kappa shape index (κ1) is 11.5. The van der Waals surface area contributed by atoms with Crippen molar-refractivity contribution in [2.24, 2.45) is 0 Å². The monoisotopic (exact) mass is 282 g/mol. The van der Waals surface area contributed by atoms with Gasteiger partial charge in [0, 0.05) is 11.2 Å². The largest absolute Gasteiger partial charge is 0.482 e. The van der Waals surface area contributed by atoms with E-state index in [-0.39, 0.29) is 0 Å². The van der Waals surface area contributed by atoms with Gasteiger partial charge in [0.25, 0.3) is 0 Å². The SMILES string of the molecule is COc1cccc2c(CBr)nc(C(C)C)n12. The minimum atomic E-state index is 0.372. The molecule has 4 heteroatoms. The second kappa shape index (κ2) is 4.45. The van der Waals surface area contributed by atoms with Crippen molar-refractivity contribution in [3.05, 3.63) is 29.7 Å². The molecule has 86 valence electrons. The molecule has 0 N–H and O–H groups in total. The quantitative estimate of drug-likeness (QED) is 0.807. The Morgan fingerprint density at radius 3 is 2.75 bits per heavy atom. The van der Waals surface area contributed by atoms with Crippen molar-refractivity contribution in [3.8, 4) is 5.88 Å². The van der Waals surface area contributed by atoms with E-state index in [1.165, 1.54) is 0 Å². The van der Waals surface area contributed by atoms with Crippen LogP contribution in [0.2, 0.25) is 0 Å². The number of nitrogens with zero attached hydrogens (tertiary/aromatic N) is 2. The first-order valence-electron chi connectivity index (χ1n) is 5.29. The van der Waals surface area contributed by atoms with E-state index in [1.54, 1.807) is 7.11 Å². The molecule has 0 amide bonds. The summed E-state index contributed by atoms with van der Waals surface area (Å²) in [6.45, 7) is 4.28. The van der Waals surface area contributed by atoms with Crippen molar-refractivity contribution < 1.29 is 4.74 Å². The third-order valence-corrected chi connectivity index (χ3v) is 3.11. The van der Waals surface area contributed by atoms with E-state index >= 15 is 0 Å². The lowest BCUT2D eigenvalue weighted by molar-refractivity contribution is 0.389. The molecule has 0 saturated heterocycles. The first-order valence-corrected chi connectivity index (χ1v) is 6.41. The third kappa shape index (κ3) is 1.71. The number of rotatable bonds is 3. The minimum absolute atomic E-state index is 0.372. The summed E-state index contributed by atoms with van der Waals surface area (Å²) in [5.41, 5.74) is 2.17. The van der Waals surface area contributed by atoms with E-state index in [4.69, 9.17) is 4.74 Å². The second-order valence-electron chi connectivity index (χ2n) is 3.99. The molecule has 3 nitrogen and oxygen atoms in total. The molecule has 0 fully saturated rings. The number of ether oxygens (including phenoxy) is 1. The summed E-state index contributed by atoms with van der Waals surface area (Å²) in [5.74, 6) is 2.25. The molecule has 0 spiro atoms. The summed E-state index contributed by atoms with van der Waals surface area (Å²) in [6.07, 6.45) is 0. The molecule has 0 saturated carbocycles. The standard InChI is InChI=1S/C12H15BrN2O/c1-8(2)12-14-9(7-13)10-5-4-6-11(16-3)15(10)12/h4-6,8H,7H2,1-3H3. The van der Waals surface area contributed by atoms with Crippen molar-refractivity contribution >= 4 is 21.4 Å². The van der Waals surface area contributed by atoms with Gasteiger partial charge in [-0.2, -0.15) is 0 Å². The fourth-order valence-electron chi connectivity index (χ4n) is 1.84. The molecule has 0 aromatic carbocycles. The van der Waals surface area contributed by atoms with E-state index in [2.05, 4.69) is 45.2 Å². The molecule has 2 aromatic heterocycles. The van der Waals surface area contributed by atoms with Crippen LogP contribution in [0.4, 0.5) is 0 Å². The van der Waals surface area contributed by atoms with Gasteiger partial charge < -0.3 is 4.74 Å². The Morgan fingerprint density at radius 1 is 1.44 bits per heavy atom. The molecule has 2 rings (SSSR count). The molecule has 2 heterocycles. The zero-order valence-electron chi connectivity index (χ0n) is 9.70. The predicted molar refractivity (Wildman–Crippen MR) is 68.5 cm³/mol. The number of fused-ring (bicyclic) bond motifs is 1. The molecule has 0 radical (unpaired) electrons. The summed E-state index contributed by atoms with van der Waals surface area (Å²) >= 11 is 3.47. The zero-order chi connectivity index (χ0) is 11.7. The van der Waals surface area contributed by atoms with Crippen LogP contribution in [0, 0.1) is 0 Å². The Bertz CT molecular complexity index is 505. The summed E-state index contributed by atoms with van der Waals surface area (Å²) in [4.78, 5) is 4.65. The van der Waals surface area contributed by atoms with Crippen LogP contribution in [0.25, 0.3) is 5.52 Å². The maximum atomic E-state index is 5.38. The number of halogens is 1. The summed E-state index contributed by atoms with van der Waals surface area (Å²) in [5, 5.41) is 0.760. The molecule has 0 atom stereocenters. The summed E-state index contributed by atoms with van der Waals surface area (Å²) < 4.78 is 7.47. The van der Waals surface area contributed by atoms with Gasteiger partial charge in [-0.3, -0.25) is 4.40 Å². The third-order valence-electron chi connectivity index (χ3n) is 2.58. The Morgan fingerprint density at radius 2 is 2.19 bits per heavy atom. The molecule has 0 aliphatic heterocycles. The Kier molecular flexibility index (Phi) is 3.19. The number of hydrogen-bond donors (Lipinski definition) is 0. The molecular formula is C12H15BrN2O. The van der Waals surface area contributed by atoms with Gasteiger partial charge in [-0.25, -0.2) is 4.98 Å². The molecule has 0 bridgehead atoms. The molecular weight excluding hydrogens is 268 g/mol. The highest BCUT2D eigenvalue weighted by molar-refractivity contribution is 9.08. The second-order valence-corrected chi connectivity index (χ2v) is 4.55. The number of methoxy groups -OCH3 is 1. The number of imidazole rings is 1. The minimum Gasteiger partial charge on any atom is -0.482 e. The Balaban J connectivity index is 2.80. The highest BCUT2D eigenvalue weighted by Crippen LogP contribution is 2.26. The van der Waals surface area contributed by atoms with E-state index in [9.17, 15) is 0 Å². The molecule has 16 heavy (non-hydrogen) atoms. The average Bonchev–Trinajstić information content (AvgIpc) is 2.67. The van der Waals surface area contributed by atoms with Crippen LogP contribution in [-0.4, -0.2) is 16.5 Å². The van der Waals surface area contributed by atoms with E-state index in [0.717, 1.165) is 28.2 Å².